The Bertz CT molecular complexity index is 1910. The predicted octanol–water partition coefficient (Wildman–Crippen LogP) is 1.30. The number of phosphoric acid groups is 3. The maximum atomic E-state index is 12.6. The van der Waals surface area contributed by atoms with Crippen LogP contribution >= 0.6 is 36.1 Å². The van der Waals surface area contributed by atoms with E-state index in [2.05, 4.69) is 54.0 Å². The molecule has 3 heterocycles. The van der Waals surface area contributed by atoms with Crippen LogP contribution in [0.2, 0.25) is 0 Å². The number of hydrogen-bond acceptors (Lipinski definition) is 19. The van der Waals surface area contributed by atoms with Crippen LogP contribution in [0.4, 0.5) is 5.82 Å². The van der Waals surface area contributed by atoms with Crippen molar-refractivity contribution in [2.45, 2.75) is 122 Å². The number of aliphatic hydroxyl groups is 3. The molecule has 0 spiro atoms. The summed E-state index contributed by atoms with van der Waals surface area (Å²) in [6.07, 6.45) is 1.52. The number of anilines is 1. The molecule has 2 amide bonds. The Morgan fingerprint density at radius 1 is 0.968 bits per heavy atom. The van der Waals surface area contributed by atoms with Gasteiger partial charge in [-0.2, -0.15) is 16.9 Å². The van der Waals surface area contributed by atoms with Gasteiger partial charge in [0.15, 0.2) is 17.7 Å². The summed E-state index contributed by atoms with van der Waals surface area (Å²) in [5.41, 5.74) is 4.30. The van der Waals surface area contributed by atoms with Crippen LogP contribution < -0.4 is 16.4 Å². The van der Waals surface area contributed by atoms with Crippen LogP contribution in [0.3, 0.4) is 0 Å². The number of nitrogens with zero attached hydrogens (tertiary/aromatic N) is 4. The van der Waals surface area contributed by atoms with Crippen molar-refractivity contribution in [3.05, 3.63) is 12.7 Å². The number of carbonyl (C=O) groups is 3. The van der Waals surface area contributed by atoms with Crippen LogP contribution in [0.25, 0.3) is 11.2 Å². The fourth-order valence-corrected chi connectivity index (χ4v) is 8.72. The lowest BCUT2D eigenvalue weighted by Gasteiger charge is -2.30. The molecule has 2 aromatic heterocycles. The van der Waals surface area contributed by atoms with Crippen LogP contribution in [-0.4, -0.2) is 140 Å². The van der Waals surface area contributed by atoms with Crippen molar-refractivity contribution in [2.24, 2.45) is 5.41 Å². The van der Waals surface area contributed by atoms with Gasteiger partial charge in [-0.25, -0.2) is 28.6 Å². The number of thiol groups is 1. The first-order valence-electron chi connectivity index (χ1n) is 19.7. The molecule has 0 aliphatic carbocycles. The van der Waals surface area contributed by atoms with Gasteiger partial charge in [0.1, 0.15) is 36.3 Å². The average molecular weight is 984 g/mol. The molecule has 362 valence electrons. The number of fused-ring (bicyclic) bond motifs is 1. The zero-order valence-electron chi connectivity index (χ0n) is 34.9. The number of ether oxygens (including phenoxy) is 1. The summed E-state index contributed by atoms with van der Waals surface area (Å²) in [7, 11) is -16.3. The van der Waals surface area contributed by atoms with Crippen LogP contribution in [0.5, 0.6) is 0 Å². The third-order valence-corrected chi connectivity index (χ3v) is 12.4. The second-order valence-corrected chi connectivity index (χ2v) is 19.6. The molecule has 1 saturated heterocycles. The predicted molar refractivity (Wildman–Crippen MR) is 224 cm³/mol. The number of hydrogen-bond donors (Lipinski definition) is 12. The number of rotatable bonds is 28. The molecule has 2 aromatic rings. The molecule has 63 heavy (non-hydrogen) atoms. The Kier molecular flexibility index (Phi) is 23.7. The lowest BCUT2D eigenvalue weighted by atomic mass is 9.87. The second kappa shape index (κ2) is 26.5. The highest BCUT2D eigenvalue weighted by Crippen LogP contribution is 2.61. The number of amides is 2. The maximum Gasteiger partial charge on any atom is 0.481 e. The highest BCUT2D eigenvalue weighted by atomic mass is 32.1. The third-order valence-electron chi connectivity index (χ3n) is 9.06. The molecule has 0 aromatic carbocycles. The van der Waals surface area contributed by atoms with E-state index in [1.807, 2.05) is 0 Å². The number of aliphatic carboxylic acids is 1. The molecular formula is C33H60N7O19P3S. The van der Waals surface area contributed by atoms with Gasteiger partial charge in [0, 0.05) is 30.7 Å². The van der Waals surface area contributed by atoms with Gasteiger partial charge in [0.25, 0.3) is 0 Å². The average Bonchev–Trinajstić information content (AvgIpc) is 3.74. The number of nitrogen functional groups attached to an aromatic ring is 1. The Hall–Kier alpha value is -2.68. The normalized spacial score (nSPS) is 20.8. The Morgan fingerprint density at radius 3 is 2.22 bits per heavy atom. The zero-order chi connectivity index (χ0) is 47.6. The summed E-state index contributed by atoms with van der Waals surface area (Å²) in [6, 6.07) is 0. The first-order chi connectivity index (χ1) is 29.3. The van der Waals surface area contributed by atoms with Crippen LogP contribution in [0.15, 0.2) is 12.7 Å². The van der Waals surface area contributed by atoms with E-state index in [1.165, 1.54) is 46.0 Å². The van der Waals surface area contributed by atoms with E-state index >= 15 is 0 Å². The fourth-order valence-electron chi connectivity index (χ4n) is 5.78. The van der Waals surface area contributed by atoms with E-state index in [4.69, 9.17) is 24.6 Å². The molecule has 1 aliphatic heterocycles. The number of aliphatic hydroxyl groups excluding tert-OH is 3. The molecular weight excluding hydrogens is 923 g/mol. The molecule has 0 bridgehead atoms. The Morgan fingerprint density at radius 2 is 1.60 bits per heavy atom. The molecule has 3 rings (SSSR count). The largest absolute Gasteiger partial charge is 0.481 e. The number of unbranched alkanes of at least 4 members (excludes halogenated alkanes) is 6. The SMILES string of the molecule is CC(C)(COP(=O)(O)OP(=O)(O)OC[C@H]1O[C@@H](n2cnc3c(N)ncnc32)[C@H](O)[C@@H]1OP(=O)(O)O)[C@@H](O)C(=O)NCCC(=O)NCCS.CCCCCCCCCC(O)CC(=O)O. The van der Waals surface area contributed by atoms with Gasteiger partial charge in [-0.3, -0.25) is 32.5 Å². The van der Waals surface area contributed by atoms with Gasteiger partial charge < -0.3 is 61.1 Å². The third kappa shape index (κ3) is 20.6. The van der Waals surface area contributed by atoms with Gasteiger partial charge in [-0.15, -0.1) is 0 Å². The van der Waals surface area contributed by atoms with E-state index in [-0.39, 0.29) is 42.3 Å². The van der Waals surface area contributed by atoms with E-state index in [9.17, 15) is 63.0 Å². The zero-order valence-corrected chi connectivity index (χ0v) is 38.5. The number of imidazole rings is 1. The summed E-state index contributed by atoms with van der Waals surface area (Å²) in [4.78, 5) is 84.9. The maximum absolute atomic E-state index is 12.6. The number of phosphoric ester groups is 3. The topological polar surface area (TPSA) is 404 Å². The molecule has 0 saturated carbocycles. The molecule has 3 unspecified atom stereocenters. The minimum Gasteiger partial charge on any atom is -0.481 e. The number of carboxylic acids is 1. The summed E-state index contributed by atoms with van der Waals surface area (Å²) in [5.74, 6) is -1.85. The van der Waals surface area contributed by atoms with E-state index in [0.29, 0.717) is 18.7 Å². The summed E-state index contributed by atoms with van der Waals surface area (Å²) in [5, 5.41) is 43.8. The Balaban J connectivity index is 0.000000773. The smallest absolute Gasteiger partial charge is 0.481 e. The quantitative estimate of drug-likeness (QED) is 0.0325. The lowest BCUT2D eigenvalue weighted by molar-refractivity contribution is -0.139. The molecule has 1 fully saturated rings. The van der Waals surface area contributed by atoms with Gasteiger partial charge in [-0.05, 0) is 6.42 Å². The number of carboxylic acid groups (broad SMARTS) is 1. The summed E-state index contributed by atoms with van der Waals surface area (Å²) < 4.78 is 61.7. The molecule has 8 atom stereocenters. The van der Waals surface area contributed by atoms with Crippen molar-refractivity contribution in [1.82, 2.24) is 30.2 Å². The van der Waals surface area contributed by atoms with Crippen LogP contribution in [-0.2, 0) is 50.7 Å². The van der Waals surface area contributed by atoms with Gasteiger partial charge in [-0.1, -0.05) is 65.7 Å². The van der Waals surface area contributed by atoms with Gasteiger partial charge in [0.05, 0.1) is 32.1 Å². The number of carbonyl (C=O) groups excluding carboxylic acids is 2. The highest BCUT2D eigenvalue weighted by molar-refractivity contribution is 7.80. The highest BCUT2D eigenvalue weighted by Gasteiger charge is 2.50. The second-order valence-electron chi connectivity index (χ2n) is 15.0. The molecule has 12 N–H and O–H groups in total. The minimum absolute atomic E-state index is 0.0363. The minimum atomic E-state index is -5.54. The Labute approximate surface area is 368 Å². The number of nitrogens with two attached hydrogens (primary N) is 1. The lowest BCUT2D eigenvalue weighted by Crippen LogP contribution is -2.46. The van der Waals surface area contributed by atoms with Crippen molar-refractivity contribution in [3.8, 4) is 0 Å². The molecule has 26 nitrogen and oxygen atoms in total. The first-order valence-corrected chi connectivity index (χ1v) is 24.9. The fraction of sp³-hybridized carbons (Fsp3) is 0.758. The van der Waals surface area contributed by atoms with Crippen LogP contribution in [0.1, 0.15) is 91.2 Å². The van der Waals surface area contributed by atoms with E-state index in [0.717, 1.165) is 30.1 Å². The summed E-state index contributed by atoms with van der Waals surface area (Å²) in [6.45, 7) is 2.92. The standard InChI is InChI=1S/C21H36N7O16P3S.C12H24O3/c1-21(2,16(31)19(32)24-4-3-12(29)23-5-6-48)8-41-47(38,39)44-46(36,37)40-7-11-15(43-45(33,34)35)14(30)20(42-11)28-10-27-13-17(22)25-9-26-18(13)28;1-2-3-4-5-6-7-8-9-11(13)10-12(14)15/h9-11,14-16,20,30-31,48H,3-8H2,1-2H3,(H,23,29)(H,24,32)(H,36,37)(H,38,39)(H2,22,25,26)(H2,33,34,35);11,13H,2-10H2,1H3,(H,14,15)/t11-,14-,15-,16+,20-;/m1./s1. The molecule has 30 heteroatoms. The monoisotopic (exact) mass is 983 g/mol. The molecule has 1 aliphatic rings. The van der Waals surface area contributed by atoms with E-state index < -0.39 is 90.7 Å². The van der Waals surface area contributed by atoms with Crippen LogP contribution in [0, 0.1) is 5.41 Å². The number of nitrogens with one attached hydrogen (secondary N) is 2. The van der Waals surface area contributed by atoms with Crippen molar-refractivity contribution in [2.75, 3.05) is 37.8 Å². The van der Waals surface area contributed by atoms with Crippen molar-refractivity contribution >= 4 is 70.9 Å². The summed E-state index contributed by atoms with van der Waals surface area (Å²) >= 11 is 3.95. The number of aromatic nitrogens is 4. The van der Waals surface area contributed by atoms with Gasteiger partial charge in [0.2, 0.25) is 11.8 Å². The van der Waals surface area contributed by atoms with Crippen molar-refractivity contribution in [1.29, 1.82) is 0 Å². The van der Waals surface area contributed by atoms with E-state index in [1.54, 1.807) is 0 Å². The van der Waals surface area contributed by atoms with Gasteiger partial charge >= 0.3 is 29.4 Å². The molecule has 0 radical (unpaired) electrons. The first kappa shape index (κ1) is 56.4. The van der Waals surface area contributed by atoms with Crippen molar-refractivity contribution < 1.29 is 90.7 Å². The van der Waals surface area contributed by atoms with Crippen molar-refractivity contribution in [3.63, 3.8) is 0 Å².